The molecule has 13 heteroatoms. The molecule has 1 fully saturated rings. The summed E-state index contributed by atoms with van der Waals surface area (Å²) in [7, 11) is -2.16. The zero-order valence-corrected chi connectivity index (χ0v) is 16.2. The van der Waals surface area contributed by atoms with Gasteiger partial charge < -0.3 is 19.5 Å². The molecule has 1 aromatic heterocycles. The van der Waals surface area contributed by atoms with Crippen molar-refractivity contribution < 1.29 is 32.9 Å². The Morgan fingerprint density at radius 3 is 2.93 bits per heavy atom. The van der Waals surface area contributed by atoms with Crippen LogP contribution in [-0.2, 0) is 20.4 Å². The van der Waals surface area contributed by atoms with Gasteiger partial charge in [-0.05, 0) is 31.0 Å². The number of aromatic amines is 1. The molecule has 0 radical (unpaired) electrons. The van der Waals surface area contributed by atoms with Crippen LogP contribution in [0.25, 0.3) is 0 Å². The van der Waals surface area contributed by atoms with Crippen LogP contribution in [0, 0.1) is 5.82 Å². The number of ether oxygens (including phenoxy) is 1. The number of hydrogen-bond donors (Lipinski definition) is 3. The highest BCUT2D eigenvalue weighted by atomic mass is 35.5. The fraction of sp³-hybridized carbons (Fsp3) is 0.375. The minimum Gasteiger partial charge on any atom is -0.426 e. The molecule has 0 aliphatic carbocycles. The molecule has 1 saturated heterocycles. The van der Waals surface area contributed by atoms with Crippen LogP contribution in [0.4, 0.5) is 4.39 Å². The first kappa shape index (κ1) is 20.4. The van der Waals surface area contributed by atoms with Crippen molar-refractivity contribution in [1.82, 2.24) is 9.55 Å². The maximum absolute atomic E-state index is 13.5. The number of hydrogen-bond acceptors (Lipinski definition) is 8. The van der Waals surface area contributed by atoms with Crippen LogP contribution < -0.4 is 15.8 Å². The lowest BCUT2D eigenvalue weighted by atomic mass is 10.2. The SMILES string of the molecule is O=c1[nH]c(=O)n(C2CCC(C(O)(O)OP3OCc4cc(Cl)ccc4O3)O2)cc1F. The van der Waals surface area contributed by atoms with Crippen LogP contribution in [0.3, 0.4) is 0 Å². The van der Waals surface area contributed by atoms with Gasteiger partial charge in [0.15, 0.2) is 0 Å². The van der Waals surface area contributed by atoms with E-state index in [0.29, 0.717) is 22.5 Å². The summed E-state index contributed by atoms with van der Waals surface area (Å²) in [6.45, 7) is 0.0951. The molecular weight excluding hydrogens is 434 g/mol. The van der Waals surface area contributed by atoms with Crippen molar-refractivity contribution in [3.05, 3.63) is 61.6 Å². The number of nitrogens with zero attached hydrogens (tertiary/aromatic N) is 1. The molecule has 10 nitrogen and oxygen atoms in total. The minimum atomic E-state index is -2.80. The fourth-order valence-electron chi connectivity index (χ4n) is 2.97. The largest absolute Gasteiger partial charge is 0.426 e. The number of rotatable bonds is 4. The predicted octanol–water partition coefficient (Wildman–Crippen LogP) is 1.50. The zero-order chi connectivity index (χ0) is 20.8. The Hall–Kier alpha value is -1.85. The molecule has 3 atom stereocenters. The Labute approximate surface area is 168 Å². The van der Waals surface area contributed by atoms with Crippen molar-refractivity contribution in [2.45, 2.75) is 37.8 Å². The predicted molar refractivity (Wildman–Crippen MR) is 96.5 cm³/mol. The van der Waals surface area contributed by atoms with E-state index in [1.54, 1.807) is 18.2 Å². The Bertz CT molecular complexity index is 1040. The van der Waals surface area contributed by atoms with E-state index in [2.05, 4.69) is 0 Å². The Morgan fingerprint density at radius 2 is 2.14 bits per heavy atom. The van der Waals surface area contributed by atoms with Gasteiger partial charge in [-0.3, -0.25) is 18.9 Å². The first-order chi connectivity index (χ1) is 13.7. The second kappa shape index (κ2) is 7.77. The average Bonchev–Trinajstić information content (AvgIpc) is 3.15. The second-order valence-electron chi connectivity index (χ2n) is 6.39. The van der Waals surface area contributed by atoms with Gasteiger partial charge in [0.05, 0.1) is 12.8 Å². The molecular formula is C16H15ClFN2O8P. The smallest absolute Gasteiger partial charge is 0.402 e. The lowest BCUT2D eigenvalue weighted by Gasteiger charge is -2.32. The van der Waals surface area contributed by atoms with Crippen LogP contribution in [0.5, 0.6) is 5.75 Å². The molecule has 3 heterocycles. The highest BCUT2D eigenvalue weighted by Crippen LogP contribution is 2.51. The van der Waals surface area contributed by atoms with E-state index in [9.17, 15) is 24.2 Å². The van der Waals surface area contributed by atoms with Crippen molar-refractivity contribution in [1.29, 1.82) is 0 Å². The first-order valence-corrected chi connectivity index (χ1v) is 9.90. The van der Waals surface area contributed by atoms with Crippen LogP contribution in [0.1, 0.15) is 24.6 Å². The summed E-state index contributed by atoms with van der Waals surface area (Å²) < 4.78 is 35.7. The Balaban J connectivity index is 1.44. The summed E-state index contributed by atoms with van der Waals surface area (Å²) >= 11 is 5.90. The topological polar surface area (TPSA) is 132 Å². The molecule has 0 spiro atoms. The number of fused-ring (bicyclic) bond motifs is 1. The highest BCUT2D eigenvalue weighted by Gasteiger charge is 2.47. The van der Waals surface area contributed by atoms with E-state index in [4.69, 9.17) is 29.9 Å². The summed E-state index contributed by atoms with van der Waals surface area (Å²) in [5.41, 5.74) is -1.36. The zero-order valence-electron chi connectivity index (χ0n) is 14.6. The number of aromatic nitrogens is 2. The molecule has 2 aromatic rings. The number of H-pyrrole nitrogens is 1. The van der Waals surface area contributed by atoms with Gasteiger partial charge in [0.1, 0.15) is 18.1 Å². The third-order valence-electron chi connectivity index (χ3n) is 4.38. The standard InChI is InChI=1S/C16H15ClFN2O8P/c17-9-1-2-11-8(5-9)7-25-29(27-11)28-16(23,24)12-3-4-13(26-12)20-6-10(18)14(21)19-15(20)22/h1-2,5-6,12-13,23-24H,3-4,7H2,(H,19,21,22). The number of halogens is 2. The van der Waals surface area contributed by atoms with E-state index >= 15 is 0 Å². The van der Waals surface area contributed by atoms with Crippen molar-refractivity contribution >= 4 is 20.2 Å². The summed E-state index contributed by atoms with van der Waals surface area (Å²) in [6.07, 6.45) is -1.39. The van der Waals surface area contributed by atoms with E-state index in [-0.39, 0.29) is 19.4 Å². The van der Waals surface area contributed by atoms with Crippen LogP contribution in [-0.4, -0.2) is 31.8 Å². The average molecular weight is 449 g/mol. The molecule has 1 aromatic carbocycles. The van der Waals surface area contributed by atoms with Gasteiger partial charge in [-0.25, -0.2) is 9.32 Å². The molecule has 0 bridgehead atoms. The quantitative estimate of drug-likeness (QED) is 0.473. The summed E-state index contributed by atoms with van der Waals surface area (Å²) in [6, 6.07) is 4.87. The maximum atomic E-state index is 13.5. The van der Waals surface area contributed by atoms with Gasteiger partial charge in [0.2, 0.25) is 5.82 Å². The van der Waals surface area contributed by atoms with Crippen LogP contribution in [0.2, 0.25) is 5.02 Å². The van der Waals surface area contributed by atoms with E-state index in [1.807, 2.05) is 4.98 Å². The molecule has 0 saturated carbocycles. The van der Waals surface area contributed by atoms with Crippen molar-refractivity contribution in [2.75, 3.05) is 0 Å². The van der Waals surface area contributed by atoms with Crippen molar-refractivity contribution in [2.24, 2.45) is 0 Å². The minimum absolute atomic E-state index is 0.0697. The number of benzene rings is 1. The van der Waals surface area contributed by atoms with Crippen molar-refractivity contribution in [3.8, 4) is 5.75 Å². The van der Waals surface area contributed by atoms with Gasteiger partial charge >= 0.3 is 20.3 Å². The molecule has 3 unspecified atom stereocenters. The molecule has 156 valence electrons. The third-order valence-corrected chi connectivity index (χ3v) is 5.72. The molecule has 29 heavy (non-hydrogen) atoms. The highest BCUT2D eigenvalue weighted by molar-refractivity contribution is 7.42. The van der Waals surface area contributed by atoms with Gasteiger partial charge in [0, 0.05) is 10.6 Å². The molecule has 2 aliphatic heterocycles. The van der Waals surface area contributed by atoms with Crippen LogP contribution in [0.15, 0.2) is 34.0 Å². The number of nitrogens with one attached hydrogen (secondary N) is 1. The summed E-state index contributed by atoms with van der Waals surface area (Å²) in [5.74, 6) is -3.53. The van der Waals surface area contributed by atoms with E-state index in [0.717, 1.165) is 4.57 Å². The lowest BCUT2D eigenvalue weighted by molar-refractivity contribution is -0.346. The number of aliphatic hydroxyl groups is 2. The van der Waals surface area contributed by atoms with Crippen molar-refractivity contribution in [3.63, 3.8) is 0 Å². The summed E-state index contributed by atoms with van der Waals surface area (Å²) in [4.78, 5) is 24.8. The first-order valence-electron chi connectivity index (χ1n) is 8.42. The van der Waals surface area contributed by atoms with E-state index in [1.165, 1.54) is 0 Å². The fourth-order valence-corrected chi connectivity index (χ4v) is 4.23. The van der Waals surface area contributed by atoms with Gasteiger partial charge in [-0.15, -0.1) is 0 Å². The third kappa shape index (κ3) is 4.22. The van der Waals surface area contributed by atoms with Gasteiger partial charge in [0.25, 0.3) is 5.56 Å². The van der Waals surface area contributed by atoms with E-state index < -0.39 is 44.0 Å². The molecule has 3 N–H and O–H groups in total. The summed E-state index contributed by atoms with van der Waals surface area (Å²) in [5, 5.41) is 21.1. The van der Waals surface area contributed by atoms with Crippen LogP contribution >= 0.6 is 20.2 Å². The van der Waals surface area contributed by atoms with Gasteiger partial charge in [-0.2, -0.15) is 4.39 Å². The lowest BCUT2D eigenvalue weighted by Crippen LogP contribution is -2.44. The Morgan fingerprint density at radius 1 is 1.34 bits per heavy atom. The molecule has 4 rings (SSSR count). The monoisotopic (exact) mass is 448 g/mol. The van der Waals surface area contributed by atoms with Gasteiger partial charge in [-0.1, -0.05) is 11.6 Å². The normalized spacial score (nSPS) is 24.2. The molecule has 2 aliphatic rings. The maximum Gasteiger partial charge on any atom is 0.402 e. The second-order valence-corrected chi connectivity index (χ2v) is 7.90. The Kier molecular flexibility index (Phi) is 5.47. The molecule has 0 amide bonds.